The van der Waals surface area contributed by atoms with E-state index in [0.717, 1.165) is 16.8 Å². The number of aryl methyl sites for hydroxylation is 2. The average molecular weight is 447 g/mol. The van der Waals surface area contributed by atoms with Crippen LogP contribution in [0.3, 0.4) is 0 Å². The molecule has 1 fully saturated rings. The van der Waals surface area contributed by atoms with Gasteiger partial charge in [-0.1, -0.05) is 41.6 Å². The first-order valence-corrected chi connectivity index (χ1v) is 10.8. The van der Waals surface area contributed by atoms with E-state index in [2.05, 4.69) is 10.5 Å². The minimum Gasteiger partial charge on any atom is -0.468 e. The standard InChI is InChI=1S/C25H25N3O5/c1-14-22(15(2)33-27-14)16-9-10-20-19(11-16)25(24(31)26-20,17-7-5-4-6-8-17)28-13-18(29)12-21(28)23(30)32-3/h4-11,18,21,29H,12-13H2,1-3H3,(H,26,31)/t18-,21+,25?/m1/s1. The lowest BCUT2D eigenvalue weighted by atomic mass is 9.80. The number of β-amino-alcohol motifs (C(OH)–C–C–N with tert-alkyl or cyclic N) is 1. The summed E-state index contributed by atoms with van der Waals surface area (Å²) < 4.78 is 10.4. The Morgan fingerprint density at radius 3 is 2.67 bits per heavy atom. The van der Waals surface area contributed by atoms with Crippen LogP contribution in [0.1, 0.15) is 29.0 Å². The van der Waals surface area contributed by atoms with Gasteiger partial charge in [0, 0.05) is 29.8 Å². The number of carbonyl (C=O) groups is 2. The fourth-order valence-corrected chi connectivity index (χ4v) is 5.30. The number of aliphatic hydroxyl groups is 1. The van der Waals surface area contributed by atoms with Crippen LogP contribution in [0.2, 0.25) is 0 Å². The minimum atomic E-state index is -1.32. The van der Waals surface area contributed by atoms with E-state index in [1.807, 2.05) is 62.4 Å². The van der Waals surface area contributed by atoms with Gasteiger partial charge in [-0.15, -0.1) is 0 Å². The fourth-order valence-electron chi connectivity index (χ4n) is 5.30. The highest BCUT2D eigenvalue weighted by Crippen LogP contribution is 2.49. The van der Waals surface area contributed by atoms with Gasteiger partial charge in [0.25, 0.3) is 5.91 Å². The van der Waals surface area contributed by atoms with Gasteiger partial charge in [0.2, 0.25) is 0 Å². The van der Waals surface area contributed by atoms with Crippen LogP contribution in [0.25, 0.3) is 11.1 Å². The first-order chi connectivity index (χ1) is 15.9. The molecule has 2 aliphatic heterocycles. The Hall–Kier alpha value is -3.49. The van der Waals surface area contributed by atoms with Crippen LogP contribution >= 0.6 is 0 Å². The van der Waals surface area contributed by atoms with Crippen molar-refractivity contribution in [3.63, 3.8) is 0 Å². The number of benzene rings is 2. The van der Waals surface area contributed by atoms with Crippen molar-refractivity contribution in [1.29, 1.82) is 0 Å². The van der Waals surface area contributed by atoms with Gasteiger partial charge in [-0.25, -0.2) is 0 Å². The molecule has 1 amide bonds. The van der Waals surface area contributed by atoms with Crippen molar-refractivity contribution in [1.82, 2.24) is 10.1 Å². The third kappa shape index (κ3) is 3.09. The van der Waals surface area contributed by atoms with Crippen molar-refractivity contribution < 1.29 is 24.0 Å². The topological polar surface area (TPSA) is 105 Å². The number of methoxy groups -OCH3 is 1. The van der Waals surface area contributed by atoms with Crippen molar-refractivity contribution in [2.24, 2.45) is 0 Å². The molecule has 0 saturated carbocycles. The summed E-state index contributed by atoms with van der Waals surface area (Å²) >= 11 is 0. The van der Waals surface area contributed by atoms with Gasteiger partial charge < -0.3 is 19.7 Å². The first-order valence-electron chi connectivity index (χ1n) is 10.8. The first kappa shape index (κ1) is 21.4. The zero-order valence-electron chi connectivity index (χ0n) is 18.7. The number of hydrogen-bond donors (Lipinski definition) is 2. The summed E-state index contributed by atoms with van der Waals surface area (Å²) in [7, 11) is 1.32. The number of anilines is 1. The molecular formula is C25H25N3O5. The van der Waals surface area contributed by atoms with Gasteiger partial charge in [0.1, 0.15) is 11.8 Å². The van der Waals surface area contributed by atoms with Gasteiger partial charge >= 0.3 is 5.97 Å². The quantitative estimate of drug-likeness (QED) is 0.593. The molecule has 2 N–H and O–H groups in total. The summed E-state index contributed by atoms with van der Waals surface area (Å²) in [6.07, 6.45) is -0.578. The van der Waals surface area contributed by atoms with Crippen LogP contribution in [0.5, 0.6) is 0 Å². The Morgan fingerprint density at radius 2 is 2.00 bits per heavy atom. The molecule has 0 radical (unpaired) electrons. The Bertz CT molecular complexity index is 1220. The number of rotatable bonds is 4. The van der Waals surface area contributed by atoms with Crippen molar-refractivity contribution >= 4 is 17.6 Å². The maximum atomic E-state index is 13.8. The van der Waals surface area contributed by atoms with E-state index >= 15 is 0 Å². The highest BCUT2D eigenvalue weighted by Gasteiger charge is 2.58. The van der Waals surface area contributed by atoms with Gasteiger partial charge in [-0.2, -0.15) is 0 Å². The van der Waals surface area contributed by atoms with Crippen LogP contribution in [0, 0.1) is 13.8 Å². The second-order valence-corrected chi connectivity index (χ2v) is 8.57. The summed E-state index contributed by atoms with van der Waals surface area (Å²) in [6, 6.07) is 14.3. The lowest BCUT2D eigenvalue weighted by Crippen LogP contribution is -2.56. The second-order valence-electron chi connectivity index (χ2n) is 8.57. The molecule has 3 heterocycles. The Balaban J connectivity index is 1.78. The maximum Gasteiger partial charge on any atom is 0.323 e. The molecule has 2 aliphatic rings. The number of nitrogens with zero attached hydrogens (tertiary/aromatic N) is 2. The number of likely N-dealkylation sites (tertiary alicyclic amines) is 1. The molecule has 8 heteroatoms. The lowest BCUT2D eigenvalue weighted by molar-refractivity contribution is -0.149. The van der Waals surface area contributed by atoms with Crippen LogP contribution in [-0.4, -0.2) is 52.8 Å². The number of carbonyl (C=O) groups excluding carboxylic acids is 2. The SMILES string of the molecule is COC(=O)[C@@H]1C[C@@H](O)CN1C1(c2ccccc2)C(=O)Nc2ccc(-c3c(C)noc3C)cc21. The molecule has 170 valence electrons. The van der Waals surface area contributed by atoms with Crippen LogP contribution in [0.15, 0.2) is 53.1 Å². The van der Waals surface area contributed by atoms with E-state index in [9.17, 15) is 14.7 Å². The summed E-state index contributed by atoms with van der Waals surface area (Å²) in [4.78, 5) is 28.3. The number of esters is 1. The van der Waals surface area contributed by atoms with E-state index in [1.54, 1.807) is 4.90 Å². The second kappa shape index (κ2) is 7.83. The lowest BCUT2D eigenvalue weighted by Gasteiger charge is -2.40. The van der Waals surface area contributed by atoms with Crippen molar-refractivity contribution in [3.05, 3.63) is 71.1 Å². The molecule has 3 aromatic rings. The third-order valence-electron chi connectivity index (χ3n) is 6.68. The third-order valence-corrected chi connectivity index (χ3v) is 6.68. The molecular weight excluding hydrogens is 422 g/mol. The van der Waals surface area contributed by atoms with Gasteiger partial charge in [-0.3, -0.25) is 14.5 Å². The Labute approximate surface area is 191 Å². The van der Waals surface area contributed by atoms with E-state index in [4.69, 9.17) is 9.26 Å². The predicted molar refractivity (Wildman–Crippen MR) is 120 cm³/mol. The fraction of sp³-hybridized carbons (Fsp3) is 0.320. The minimum absolute atomic E-state index is 0.150. The summed E-state index contributed by atoms with van der Waals surface area (Å²) in [5.74, 6) is -0.0772. The number of fused-ring (bicyclic) bond motifs is 1. The maximum absolute atomic E-state index is 13.8. The predicted octanol–water partition coefficient (Wildman–Crippen LogP) is 2.76. The van der Waals surface area contributed by atoms with Crippen molar-refractivity contribution in [2.45, 2.75) is 38.0 Å². The van der Waals surface area contributed by atoms with Crippen molar-refractivity contribution in [2.75, 3.05) is 19.0 Å². The van der Waals surface area contributed by atoms with E-state index in [0.29, 0.717) is 22.6 Å². The van der Waals surface area contributed by atoms with Gasteiger partial charge in [0.15, 0.2) is 5.54 Å². The van der Waals surface area contributed by atoms with Crippen LogP contribution in [-0.2, 0) is 19.9 Å². The molecule has 3 atom stereocenters. The summed E-state index contributed by atoms with van der Waals surface area (Å²) in [5, 5.41) is 17.6. The zero-order chi connectivity index (χ0) is 23.3. The number of ether oxygens (including phenoxy) is 1. The molecule has 1 unspecified atom stereocenters. The molecule has 0 bridgehead atoms. The summed E-state index contributed by atoms with van der Waals surface area (Å²) in [6.45, 7) is 3.87. The zero-order valence-corrected chi connectivity index (χ0v) is 18.7. The number of aromatic nitrogens is 1. The molecule has 1 saturated heterocycles. The Kier molecular flexibility index (Phi) is 5.07. The van der Waals surface area contributed by atoms with E-state index in [1.165, 1.54) is 7.11 Å². The van der Waals surface area contributed by atoms with Crippen LogP contribution in [0.4, 0.5) is 5.69 Å². The van der Waals surface area contributed by atoms with Crippen molar-refractivity contribution in [3.8, 4) is 11.1 Å². The van der Waals surface area contributed by atoms with Gasteiger partial charge in [-0.05, 0) is 37.1 Å². The molecule has 1 aromatic heterocycles. The van der Waals surface area contributed by atoms with E-state index < -0.39 is 23.7 Å². The average Bonchev–Trinajstić information content (AvgIpc) is 3.46. The van der Waals surface area contributed by atoms with E-state index in [-0.39, 0.29) is 18.9 Å². The largest absolute Gasteiger partial charge is 0.468 e. The number of amides is 1. The number of aliphatic hydroxyl groups excluding tert-OH is 1. The number of hydrogen-bond acceptors (Lipinski definition) is 7. The Morgan fingerprint density at radius 1 is 1.24 bits per heavy atom. The molecule has 5 rings (SSSR count). The highest BCUT2D eigenvalue weighted by molar-refractivity contribution is 6.09. The normalized spacial score (nSPS) is 24.5. The van der Waals surface area contributed by atoms with Crippen LogP contribution < -0.4 is 5.32 Å². The molecule has 8 nitrogen and oxygen atoms in total. The molecule has 2 aromatic carbocycles. The van der Waals surface area contributed by atoms with Gasteiger partial charge in [0.05, 0.1) is 18.9 Å². The molecule has 0 aliphatic carbocycles. The highest BCUT2D eigenvalue weighted by atomic mass is 16.5. The molecule has 33 heavy (non-hydrogen) atoms. The summed E-state index contributed by atoms with van der Waals surface area (Å²) in [5.41, 5.74) is 3.23. The monoisotopic (exact) mass is 447 g/mol. The number of nitrogens with one attached hydrogen (secondary N) is 1. The molecule has 0 spiro atoms. The smallest absolute Gasteiger partial charge is 0.323 e.